The quantitative estimate of drug-likeness (QED) is 0.830. The summed E-state index contributed by atoms with van der Waals surface area (Å²) in [7, 11) is -3.59. The van der Waals surface area contributed by atoms with E-state index in [4.69, 9.17) is 4.74 Å². The summed E-state index contributed by atoms with van der Waals surface area (Å²) in [6, 6.07) is 0. The fraction of sp³-hybridized carbons (Fsp3) is 0.583. The number of rotatable bonds is 4. The molecule has 0 saturated carbocycles. The van der Waals surface area contributed by atoms with Crippen molar-refractivity contribution >= 4 is 21.7 Å². The van der Waals surface area contributed by atoms with E-state index in [1.807, 2.05) is 0 Å². The van der Waals surface area contributed by atoms with E-state index < -0.39 is 20.7 Å². The fourth-order valence-electron chi connectivity index (χ4n) is 1.37. The first-order valence-electron chi connectivity index (χ1n) is 5.97. The molecule has 0 bridgehead atoms. The second-order valence-corrected chi connectivity index (χ2v) is 7.58. The van der Waals surface area contributed by atoms with Crippen molar-refractivity contribution in [2.24, 2.45) is 0 Å². The number of aryl methyl sites for hydroxylation is 1. The highest BCUT2D eigenvalue weighted by Gasteiger charge is 2.31. The number of H-pyrrole nitrogens is 1. The highest BCUT2D eigenvalue weighted by molar-refractivity contribution is 7.94. The Labute approximate surface area is 113 Å². The Morgan fingerprint density at radius 3 is 2.47 bits per heavy atom. The molecule has 0 unspecified atom stereocenters. The Morgan fingerprint density at radius 2 is 2.00 bits per heavy atom. The van der Waals surface area contributed by atoms with Crippen LogP contribution in [0.1, 0.15) is 43.7 Å². The lowest BCUT2D eigenvalue weighted by molar-refractivity contribution is 0.0527. The van der Waals surface area contributed by atoms with Crippen LogP contribution in [0.15, 0.2) is 6.20 Å². The fourth-order valence-corrected chi connectivity index (χ4v) is 2.13. The Bertz CT molecular complexity index is 567. The van der Waals surface area contributed by atoms with Crippen LogP contribution in [0, 0.1) is 6.92 Å². The van der Waals surface area contributed by atoms with E-state index >= 15 is 0 Å². The molecule has 0 atom stereocenters. The number of carbonyl (C=O) groups excluding carboxylic acids is 1. The number of hydrogen-bond donors (Lipinski definition) is 2. The summed E-state index contributed by atoms with van der Waals surface area (Å²) in [5.74, 6) is -0.548. The summed E-state index contributed by atoms with van der Waals surface area (Å²) >= 11 is 0. The summed E-state index contributed by atoms with van der Waals surface area (Å²) in [5, 5.41) is 0. The third kappa shape index (κ3) is 3.28. The molecule has 1 rings (SSSR count). The molecule has 1 aromatic heterocycles. The van der Waals surface area contributed by atoms with E-state index in [-0.39, 0.29) is 17.9 Å². The van der Waals surface area contributed by atoms with E-state index in [9.17, 15) is 13.2 Å². The molecule has 7 heteroatoms. The van der Waals surface area contributed by atoms with E-state index in [2.05, 4.69) is 9.71 Å². The standard InChI is InChI=1S/C12H20N2O4S/c1-6-18-11(15)10-8(2)13-7-9(10)14-19(16,17)12(3,4)5/h7,13-14H,6H2,1-5H3. The average molecular weight is 288 g/mol. The van der Waals surface area contributed by atoms with Gasteiger partial charge in [0, 0.05) is 11.9 Å². The molecular weight excluding hydrogens is 268 g/mol. The van der Waals surface area contributed by atoms with Gasteiger partial charge in [-0.2, -0.15) is 0 Å². The number of esters is 1. The van der Waals surface area contributed by atoms with Crippen LogP contribution in [-0.2, 0) is 14.8 Å². The zero-order valence-corrected chi connectivity index (χ0v) is 12.6. The van der Waals surface area contributed by atoms with Gasteiger partial charge in [-0.15, -0.1) is 0 Å². The minimum atomic E-state index is -3.59. The molecule has 0 aliphatic heterocycles. The molecule has 0 saturated heterocycles. The lowest BCUT2D eigenvalue weighted by Crippen LogP contribution is -2.34. The summed E-state index contributed by atoms with van der Waals surface area (Å²) in [6.45, 7) is 8.35. The summed E-state index contributed by atoms with van der Waals surface area (Å²) in [6.07, 6.45) is 1.45. The van der Waals surface area contributed by atoms with Crippen molar-refractivity contribution in [2.45, 2.75) is 39.4 Å². The number of anilines is 1. The van der Waals surface area contributed by atoms with Crippen molar-refractivity contribution in [2.75, 3.05) is 11.3 Å². The highest BCUT2D eigenvalue weighted by atomic mass is 32.2. The van der Waals surface area contributed by atoms with Crippen LogP contribution in [0.2, 0.25) is 0 Å². The van der Waals surface area contributed by atoms with Gasteiger partial charge in [-0.3, -0.25) is 4.72 Å². The SMILES string of the molecule is CCOC(=O)c1c(NS(=O)(=O)C(C)(C)C)c[nH]c1C. The zero-order valence-electron chi connectivity index (χ0n) is 11.8. The molecule has 0 radical (unpaired) electrons. The number of ether oxygens (including phenoxy) is 1. The minimum Gasteiger partial charge on any atom is -0.462 e. The molecular formula is C12H20N2O4S. The normalized spacial score (nSPS) is 12.3. The monoisotopic (exact) mass is 288 g/mol. The second-order valence-electron chi connectivity index (χ2n) is 5.14. The van der Waals surface area contributed by atoms with Gasteiger partial charge in [-0.1, -0.05) is 0 Å². The number of nitrogens with one attached hydrogen (secondary N) is 2. The largest absolute Gasteiger partial charge is 0.462 e. The van der Waals surface area contributed by atoms with Crippen LogP contribution >= 0.6 is 0 Å². The third-order valence-corrected chi connectivity index (χ3v) is 4.71. The van der Waals surface area contributed by atoms with Crippen molar-refractivity contribution in [3.8, 4) is 0 Å². The summed E-state index contributed by atoms with van der Waals surface area (Å²) in [5.41, 5.74) is 0.991. The Kier molecular flexibility index (Phi) is 4.29. The van der Waals surface area contributed by atoms with Gasteiger partial charge < -0.3 is 9.72 Å². The molecule has 2 N–H and O–H groups in total. The second kappa shape index (κ2) is 5.24. The van der Waals surface area contributed by atoms with Crippen molar-refractivity contribution in [3.63, 3.8) is 0 Å². The van der Waals surface area contributed by atoms with Crippen LogP contribution in [0.3, 0.4) is 0 Å². The number of sulfonamides is 1. The van der Waals surface area contributed by atoms with Crippen molar-refractivity contribution in [1.82, 2.24) is 4.98 Å². The van der Waals surface area contributed by atoms with E-state index in [0.29, 0.717) is 5.69 Å². The van der Waals surface area contributed by atoms with E-state index in [1.54, 1.807) is 34.6 Å². The molecule has 1 aromatic rings. The first-order valence-corrected chi connectivity index (χ1v) is 7.46. The first kappa shape index (κ1) is 15.6. The predicted molar refractivity (Wildman–Crippen MR) is 73.8 cm³/mol. The van der Waals surface area contributed by atoms with Crippen molar-refractivity contribution in [1.29, 1.82) is 0 Å². The zero-order chi connectivity index (χ0) is 14.8. The molecule has 19 heavy (non-hydrogen) atoms. The molecule has 6 nitrogen and oxygen atoms in total. The summed E-state index contributed by atoms with van der Waals surface area (Å²) < 4.78 is 30.5. The lowest BCUT2D eigenvalue weighted by atomic mass is 10.2. The number of aromatic nitrogens is 1. The smallest absolute Gasteiger partial charge is 0.342 e. The maximum atomic E-state index is 12.1. The van der Waals surface area contributed by atoms with Gasteiger partial charge in [0.05, 0.1) is 17.0 Å². The average Bonchev–Trinajstić information content (AvgIpc) is 2.57. The predicted octanol–water partition coefficient (Wildman–Crippen LogP) is 2.04. The molecule has 0 spiro atoms. The van der Waals surface area contributed by atoms with E-state index in [1.165, 1.54) is 6.20 Å². The minimum absolute atomic E-state index is 0.214. The molecule has 0 aliphatic rings. The van der Waals surface area contributed by atoms with Gasteiger partial charge >= 0.3 is 5.97 Å². The maximum absolute atomic E-state index is 12.1. The van der Waals surface area contributed by atoms with Crippen LogP contribution in [-0.4, -0.2) is 30.7 Å². The van der Waals surface area contributed by atoms with Crippen molar-refractivity contribution < 1.29 is 17.9 Å². The van der Waals surface area contributed by atoms with E-state index in [0.717, 1.165) is 0 Å². The molecule has 108 valence electrons. The molecule has 0 fully saturated rings. The number of hydrogen-bond acceptors (Lipinski definition) is 4. The molecule has 1 heterocycles. The Morgan fingerprint density at radius 1 is 1.42 bits per heavy atom. The van der Waals surface area contributed by atoms with Crippen LogP contribution < -0.4 is 4.72 Å². The van der Waals surface area contributed by atoms with Crippen LogP contribution in [0.4, 0.5) is 5.69 Å². The van der Waals surface area contributed by atoms with Gasteiger partial charge in [-0.25, -0.2) is 13.2 Å². The highest BCUT2D eigenvalue weighted by Crippen LogP contribution is 2.25. The Balaban J connectivity index is 3.14. The van der Waals surface area contributed by atoms with Gasteiger partial charge in [0.2, 0.25) is 10.0 Å². The number of carbonyl (C=O) groups is 1. The van der Waals surface area contributed by atoms with Crippen LogP contribution in [0.25, 0.3) is 0 Å². The van der Waals surface area contributed by atoms with Crippen LogP contribution in [0.5, 0.6) is 0 Å². The van der Waals surface area contributed by atoms with Gasteiger partial charge in [0.15, 0.2) is 0 Å². The first-order chi connectivity index (χ1) is 8.60. The van der Waals surface area contributed by atoms with Gasteiger partial charge in [-0.05, 0) is 34.6 Å². The van der Waals surface area contributed by atoms with Gasteiger partial charge in [0.25, 0.3) is 0 Å². The molecule has 0 aliphatic carbocycles. The number of aromatic amines is 1. The molecule has 0 aromatic carbocycles. The summed E-state index contributed by atoms with van der Waals surface area (Å²) in [4.78, 5) is 14.6. The Hall–Kier alpha value is -1.50. The maximum Gasteiger partial charge on any atom is 0.342 e. The van der Waals surface area contributed by atoms with Crippen molar-refractivity contribution in [3.05, 3.63) is 17.5 Å². The third-order valence-electron chi connectivity index (χ3n) is 2.61. The molecule has 0 amide bonds. The van der Waals surface area contributed by atoms with Gasteiger partial charge in [0.1, 0.15) is 5.56 Å². The topological polar surface area (TPSA) is 88.3 Å². The lowest BCUT2D eigenvalue weighted by Gasteiger charge is -2.20.